The second-order valence-corrected chi connectivity index (χ2v) is 8.71. The predicted molar refractivity (Wildman–Crippen MR) is 76.7 cm³/mol. The summed E-state index contributed by atoms with van der Waals surface area (Å²) in [6.45, 7) is 8.70. The molecule has 2 rings (SSSR count). The van der Waals surface area contributed by atoms with Crippen LogP contribution < -0.4 is 0 Å². The summed E-state index contributed by atoms with van der Waals surface area (Å²) in [4.78, 5) is 0. The van der Waals surface area contributed by atoms with Gasteiger partial charge in [0.1, 0.15) is 0 Å². The topological polar surface area (TPSA) is 20.2 Å². The van der Waals surface area contributed by atoms with Gasteiger partial charge in [-0.2, -0.15) is 0 Å². The van der Waals surface area contributed by atoms with Gasteiger partial charge in [-0.1, -0.05) is 48.5 Å². The van der Waals surface area contributed by atoms with E-state index in [1.54, 1.807) is 0 Å². The lowest BCUT2D eigenvalue weighted by Crippen LogP contribution is -2.45. The van der Waals surface area contributed by atoms with Crippen LogP contribution in [0.4, 0.5) is 0 Å². The first-order valence-electron chi connectivity index (χ1n) is 6.42. The maximum atomic E-state index is 11.2. The summed E-state index contributed by atoms with van der Waals surface area (Å²) >= 11 is 0. The average Bonchev–Trinajstić information content (AvgIpc) is 2.86. The van der Waals surface area contributed by atoms with E-state index in [0.717, 1.165) is 12.8 Å². The lowest BCUT2D eigenvalue weighted by molar-refractivity contribution is 0.192. The Morgan fingerprint density at radius 2 is 1.41 bits per heavy atom. The molecule has 0 spiro atoms. The van der Waals surface area contributed by atoms with Gasteiger partial charge in [-0.15, -0.1) is 0 Å². The van der Waals surface area contributed by atoms with E-state index in [4.69, 9.17) is 0 Å². The van der Waals surface area contributed by atoms with E-state index < -0.39 is 14.0 Å². The molecule has 2 heteroatoms. The number of aliphatic hydroxyl groups is 1. The molecule has 0 unspecified atom stereocenters. The Balaban J connectivity index is 2.35. The van der Waals surface area contributed by atoms with Crippen molar-refractivity contribution in [2.24, 2.45) is 0 Å². The van der Waals surface area contributed by atoms with Crippen LogP contribution in [0.1, 0.15) is 26.7 Å². The Morgan fingerprint density at radius 1 is 1.00 bits per heavy atom. The fraction of sp³-hybridized carbons (Fsp3) is 0.467. The smallest absolute Gasteiger partial charge is 0.0925 e. The zero-order chi connectivity index (χ0) is 12.6. The third kappa shape index (κ3) is 2.12. The maximum absolute atomic E-state index is 11.2. The van der Waals surface area contributed by atoms with Crippen LogP contribution in [0.3, 0.4) is 0 Å². The molecule has 0 radical (unpaired) electrons. The SMILES string of the molecule is CC1=CCC(C(O)(C2=CC(C)=CC2)[SiH](C)C)=C1. The third-order valence-corrected chi connectivity index (χ3v) is 6.32. The lowest BCUT2D eigenvalue weighted by atomic mass is 9.98. The van der Waals surface area contributed by atoms with Crippen LogP contribution in [0, 0.1) is 0 Å². The van der Waals surface area contributed by atoms with E-state index in [1.165, 1.54) is 22.3 Å². The summed E-state index contributed by atoms with van der Waals surface area (Å²) in [7, 11) is -1.21. The molecular weight excluding hydrogens is 224 g/mol. The molecule has 0 aromatic rings. The summed E-state index contributed by atoms with van der Waals surface area (Å²) in [6.07, 6.45) is 10.6. The van der Waals surface area contributed by atoms with Crippen LogP contribution in [0.25, 0.3) is 0 Å². The molecule has 0 aliphatic heterocycles. The van der Waals surface area contributed by atoms with Gasteiger partial charge in [-0.05, 0) is 37.8 Å². The first-order valence-corrected chi connectivity index (χ1v) is 9.31. The molecule has 17 heavy (non-hydrogen) atoms. The highest BCUT2D eigenvalue weighted by atomic mass is 28.3. The fourth-order valence-electron chi connectivity index (χ4n) is 2.81. The average molecular weight is 246 g/mol. The maximum Gasteiger partial charge on any atom is 0.0925 e. The molecule has 1 nitrogen and oxygen atoms in total. The van der Waals surface area contributed by atoms with Crippen molar-refractivity contribution < 1.29 is 5.11 Å². The Morgan fingerprint density at radius 3 is 1.65 bits per heavy atom. The van der Waals surface area contributed by atoms with Gasteiger partial charge in [0.2, 0.25) is 0 Å². The summed E-state index contributed by atoms with van der Waals surface area (Å²) in [5.74, 6) is 0. The van der Waals surface area contributed by atoms with Gasteiger partial charge >= 0.3 is 0 Å². The molecule has 1 N–H and O–H groups in total. The molecule has 2 aliphatic rings. The number of hydrogen-bond donors (Lipinski definition) is 1. The monoisotopic (exact) mass is 246 g/mol. The van der Waals surface area contributed by atoms with Crippen molar-refractivity contribution in [3.05, 3.63) is 46.6 Å². The van der Waals surface area contributed by atoms with E-state index in [2.05, 4.69) is 51.2 Å². The zero-order valence-electron chi connectivity index (χ0n) is 11.2. The molecular formula is C15H22OSi. The molecule has 0 atom stereocenters. The third-order valence-electron chi connectivity index (χ3n) is 3.91. The molecule has 0 saturated heterocycles. The molecule has 0 heterocycles. The standard InChI is InChI=1S/C15H22OSi/c1-11-5-7-13(9-11)15(16,17(3)4)14-8-6-12(2)10-14/h5-6,9-10,16-17H,7-8H2,1-4H3. The van der Waals surface area contributed by atoms with Crippen LogP contribution in [-0.4, -0.2) is 19.1 Å². The summed E-state index contributed by atoms with van der Waals surface area (Å²) in [5, 5.41) is 10.6. The van der Waals surface area contributed by atoms with Crippen molar-refractivity contribution in [3.63, 3.8) is 0 Å². The van der Waals surface area contributed by atoms with Crippen molar-refractivity contribution in [1.82, 2.24) is 0 Å². The molecule has 0 bridgehead atoms. The van der Waals surface area contributed by atoms with E-state index >= 15 is 0 Å². The van der Waals surface area contributed by atoms with E-state index in [1.807, 2.05) is 0 Å². The molecule has 0 amide bonds. The van der Waals surface area contributed by atoms with Crippen molar-refractivity contribution in [1.29, 1.82) is 0 Å². The highest BCUT2D eigenvalue weighted by molar-refractivity contribution is 6.61. The van der Waals surface area contributed by atoms with Crippen molar-refractivity contribution >= 4 is 8.80 Å². The zero-order valence-corrected chi connectivity index (χ0v) is 12.4. The molecule has 0 fully saturated rings. The number of allylic oxidation sites excluding steroid dienone is 6. The van der Waals surface area contributed by atoms with Gasteiger partial charge in [0.05, 0.1) is 14.0 Å². The van der Waals surface area contributed by atoms with Gasteiger partial charge in [0.15, 0.2) is 0 Å². The summed E-state index contributed by atoms with van der Waals surface area (Å²) in [6, 6.07) is 0. The predicted octanol–water partition coefficient (Wildman–Crippen LogP) is 3.30. The highest BCUT2D eigenvalue weighted by Gasteiger charge is 2.40. The number of rotatable bonds is 3. The van der Waals surface area contributed by atoms with Gasteiger partial charge < -0.3 is 5.11 Å². The van der Waals surface area contributed by atoms with Gasteiger partial charge in [-0.3, -0.25) is 0 Å². The second-order valence-electron chi connectivity index (χ2n) is 5.56. The van der Waals surface area contributed by atoms with Crippen LogP contribution >= 0.6 is 0 Å². The van der Waals surface area contributed by atoms with E-state index in [9.17, 15) is 5.11 Å². The minimum absolute atomic E-state index is 0.622. The summed E-state index contributed by atoms with van der Waals surface area (Å²) in [5.41, 5.74) is 5.00. The Bertz CT molecular complexity index is 414. The van der Waals surface area contributed by atoms with Crippen LogP contribution in [0.5, 0.6) is 0 Å². The lowest BCUT2D eigenvalue weighted by Gasteiger charge is -2.35. The van der Waals surface area contributed by atoms with Crippen molar-refractivity contribution in [3.8, 4) is 0 Å². The van der Waals surface area contributed by atoms with Gasteiger partial charge in [0.25, 0.3) is 0 Å². The van der Waals surface area contributed by atoms with Crippen LogP contribution in [-0.2, 0) is 0 Å². The first-order chi connectivity index (χ1) is 7.94. The van der Waals surface area contributed by atoms with Crippen molar-refractivity contribution in [2.45, 2.75) is 45.0 Å². The Kier molecular flexibility index (Phi) is 3.28. The molecule has 0 aromatic heterocycles. The van der Waals surface area contributed by atoms with Crippen molar-refractivity contribution in [2.75, 3.05) is 0 Å². The van der Waals surface area contributed by atoms with E-state index in [0.29, 0.717) is 0 Å². The van der Waals surface area contributed by atoms with Crippen LogP contribution in [0.15, 0.2) is 46.6 Å². The second kappa shape index (κ2) is 4.43. The fourth-order valence-corrected chi connectivity index (χ4v) is 4.69. The Labute approximate surface area is 106 Å². The molecule has 0 aromatic carbocycles. The number of hydrogen-bond acceptors (Lipinski definition) is 1. The molecule has 0 saturated carbocycles. The minimum atomic E-state index is -1.21. The van der Waals surface area contributed by atoms with Crippen LogP contribution in [0.2, 0.25) is 13.1 Å². The largest absolute Gasteiger partial charge is 0.385 e. The molecule has 2 aliphatic carbocycles. The van der Waals surface area contributed by atoms with E-state index in [-0.39, 0.29) is 0 Å². The minimum Gasteiger partial charge on any atom is -0.385 e. The quantitative estimate of drug-likeness (QED) is 0.758. The Hall–Kier alpha value is -0.863. The van der Waals surface area contributed by atoms with Gasteiger partial charge in [-0.25, -0.2) is 0 Å². The summed E-state index contributed by atoms with van der Waals surface area (Å²) < 4.78 is 0. The normalized spacial score (nSPS) is 20.4. The first kappa shape index (κ1) is 12.6. The highest BCUT2D eigenvalue weighted by Crippen LogP contribution is 2.39. The van der Waals surface area contributed by atoms with Gasteiger partial charge in [0, 0.05) is 0 Å². The molecule has 92 valence electrons.